The number of fused-ring (bicyclic) bond motifs is 1. The molecule has 2 N–H and O–H groups in total. The summed E-state index contributed by atoms with van der Waals surface area (Å²) in [6.45, 7) is 2.07. The molecule has 1 aromatic heterocycles. The number of aromatic nitrogens is 2. The molecule has 1 aromatic carbocycles. The molecule has 0 aliphatic heterocycles. The van der Waals surface area contributed by atoms with Crippen LogP contribution in [-0.4, -0.2) is 28.4 Å². The van der Waals surface area contributed by atoms with Gasteiger partial charge in [0.15, 0.2) is 0 Å². The number of H-pyrrole nitrogens is 1. The molecule has 1 heterocycles. The molecule has 0 unspecified atom stereocenters. The number of carbonyl (C=O) groups is 2. The van der Waals surface area contributed by atoms with Crippen LogP contribution in [-0.2, 0) is 20.9 Å². The second-order valence-electron chi connectivity index (χ2n) is 9.85. The van der Waals surface area contributed by atoms with Gasteiger partial charge in [0.1, 0.15) is 12.4 Å². The van der Waals surface area contributed by atoms with Crippen molar-refractivity contribution in [2.24, 2.45) is 23.2 Å². The molecule has 4 aliphatic carbocycles. The van der Waals surface area contributed by atoms with E-state index in [9.17, 15) is 14.4 Å². The number of hydrogen-bond donors (Lipinski definition) is 2. The topological polar surface area (TPSA) is 101 Å². The summed E-state index contributed by atoms with van der Waals surface area (Å²) in [6, 6.07) is 5.42. The zero-order chi connectivity index (χ0) is 21.6. The first-order valence-corrected chi connectivity index (χ1v) is 11.3. The summed E-state index contributed by atoms with van der Waals surface area (Å²) < 4.78 is 5.28. The number of para-hydroxylation sites is 1. The lowest BCUT2D eigenvalue weighted by atomic mass is 9.49. The number of benzene rings is 1. The molecule has 6 rings (SSSR count). The molecule has 4 aliphatic rings. The second-order valence-corrected chi connectivity index (χ2v) is 9.85. The molecule has 0 radical (unpaired) electrons. The molecule has 0 saturated heterocycles. The molecule has 164 valence electrons. The van der Waals surface area contributed by atoms with Gasteiger partial charge in [-0.05, 0) is 74.8 Å². The monoisotopic (exact) mass is 423 g/mol. The number of rotatable bonds is 6. The van der Waals surface area contributed by atoms with E-state index in [1.807, 2.05) is 19.1 Å². The summed E-state index contributed by atoms with van der Waals surface area (Å²) >= 11 is 0. The van der Waals surface area contributed by atoms with Crippen LogP contribution >= 0.6 is 0 Å². The molecule has 2 aromatic rings. The third-order valence-electron chi connectivity index (χ3n) is 7.49. The molecule has 7 heteroatoms. The number of aromatic amines is 1. The van der Waals surface area contributed by atoms with E-state index in [4.69, 9.17) is 4.74 Å². The minimum Gasteiger partial charge on any atom is -0.457 e. The standard InChI is InChI=1S/C24H29N3O4/c1-14-3-2-4-18-21(14)26-19(27-22(18)29)13-31-20(28)5-6-25-23(30)24-10-15-7-16(11-24)9-17(8-15)12-24/h2-4,15-17H,5-13H2,1H3,(H,25,30)(H,26,27,29). The molecular weight excluding hydrogens is 394 g/mol. The van der Waals surface area contributed by atoms with Crippen LogP contribution in [0.1, 0.15) is 56.3 Å². The molecule has 31 heavy (non-hydrogen) atoms. The lowest BCUT2D eigenvalue weighted by Crippen LogP contribution is -2.53. The van der Waals surface area contributed by atoms with Gasteiger partial charge < -0.3 is 15.0 Å². The van der Waals surface area contributed by atoms with Gasteiger partial charge in [-0.3, -0.25) is 14.4 Å². The highest BCUT2D eigenvalue weighted by molar-refractivity contribution is 5.83. The van der Waals surface area contributed by atoms with Crippen LogP contribution in [0.2, 0.25) is 0 Å². The number of carbonyl (C=O) groups excluding carboxylic acids is 2. The van der Waals surface area contributed by atoms with Crippen LogP contribution in [0.4, 0.5) is 0 Å². The Morgan fingerprint density at radius 1 is 1.16 bits per heavy atom. The fourth-order valence-corrected chi connectivity index (χ4v) is 6.50. The van der Waals surface area contributed by atoms with Crippen molar-refractivity contribution in [1.29, 1.82) is 0 Å². The van der Waals surface area contributed by atoms with E-state index in [1.54, 1.807) is 6.07 Å². The summed E-state index contributed by atoms with van der Waals surface area (Å²) in [6.07, 6.45) is 7.02. The molecule has 4 bridgehead atoms. The maximum Gasteiger partial charge on any atom is 0.308 e. The van der Waals surface area contributed by atoms with Crippen LogP contribution in [0, 0.1) is 30.1 Å². The van der Waals surface area contributed by atoms with Crippen molar-refractivity contribution in [3.05, 3.63) is 39.9 Å². The SMILES string of the molecule is Cc1cccc2c(=O)[nH]c(COC(=O)CCNC(=O)C34CC5CC(CC(C5)C3)C4)nc12. The normalized spacial score (nSPS) is 28.6. The minimum atomic E-state index is -0.418. The largest absolute Gasteiger partial charge is 0.457 e. The van der Waals surface area contributed by atoms with Gasteiger partial charge in [-0.25, -0.2) is 4.98 Å². The van der Waals surface area contributed by atoms with Gasteiger partial charge >= 0.3 is 5.97 Å². The van der Waals surface area contributed by atoms with Crippen LogP contribution in [0.3, 0.4) is 0 Å². The van der Waals surface area contributed by atoms with Gasteiger partial charge in [-0.2, -0.15) is 0 Å². The molecule has 4 saturated carbocycles. The Kier molecular flexibility index (Phi) is 5.07. The number of aryl methyl sites for hydroxylation is 1. The molecule has 1 amide bonds. The first-order valence-electron chi connectivity index (χ1n) is 11.3. The zero-order valence-corrected chi connectivity index (χ0v) is 17.9. The average molecular weight is 424 g/mol. The van der Waals surface area contributed by atoms with Crippen molar-refractivity contribution in [2.75, 3.05) is 6.54 Å². The minimum absolute atomic E-state index is 0.0960. The second kappa shape index (κ2) is 7.77. The number of nitrogens with one attached hydrogen (secondary N) is 2. The van der Waals surface area contributed by atoms with E-state index in [-0.39, 0.29) is 36.5 Å². The maximum atomic E-state index is 12.9. The Hall–Kier alpha value is -2.70. The fraction of sp³-hybridized carbons (Fsp3) is 0.583. The Bertz CT molecular complexity index is 1050. The maximum absolute atomic E-state index is 12.9. The van der Waals surface area contributed by atoms with E-state index >= 15 is 0 Å². The molecule has 4 fully saturated rings. The van der Waals surface area contributed by atoms with Crippen LogP contribution < -0.4 is 10.9 Å². The Balaban J connectivity index is 1.13. The Morgan fingerprint density at radius 3 is 2.52 bits per heavy atom. The number of nitrogens with zero attached hydrogens (tertiary/aromatic N) is 1. The summed E-state index contributed by atoms with van der Waals surface area (Å²) in [5, 5.41) is 3.51. The predicted molar refractivity (Wildman–Crippen MR) is 115 cm³/mol. The van der Waals surface area contributed by atoms with Crippen molar-refractivity contribution in [3.63, 3.8) is 0 Å². The van der Waals surface area contributed by atoms with Crippen molar-refractivity contribution in [3.8, 4) is 0 Å². The molecule has 0 spiro atoms. The average Bonchev–Trinajstić information content (AvgIpc) is 2.72. The lowest BCUT2D eigenvalue weighted by molar-refractivity contribution is -0.147. The number of ether oxygens (including phenoxy) is 1. The van der Waals surface area contributed by atoms with Gasteiger partial charge in [-0.15, -0.1) is 0 Å². The van der Waals surface area contributed by atoms with Crippen molar-refractivity contribution in [1.82, 2.24) is 15.3 Å². The van der Waals surface area contributed by atoms with Crippen molar-refractivity contribution < 1.29 is 14.3 Å². The van der Waals surface area contributed by atoms with Crippen LogP contribution in [0.15, 0.2) is 23.0 Å². The quantitative estimate of drug-likeness (QED) is 0.696. The van der Waals surface area contributed by atoms with E-state index in [2.05, 4.69) is 15.3 Å². The highest BCUT2D eigenvalue weighted by atomic mass is 16.5. The number of esters is 1. The van der Waals surface area contributed by atoms with Crippen LogP contribution in [0.5, 0.6) is 0 Å². The molecule has 7 nitrogen and oxygen atoms in total. The van der Waals surface area contributed by atoms with Crippen LogP contribution in [0.25, 0.3) is 10.9 Å². The van der Waals surface area contributed by atoms with Crippen molar-refractivity contribution >= 4 is 22.8 Å². The van der Waals surface area contributed by atoms with Gasteiger partial charge in [0.05, 0.1) is 17.3 Å². The fourth-order valence-electron chi connectivity index (χ4n) is 6.50. The first-order chi connectivity index (χ1) is 14.9. The van der Waals surface area contributed by atoms with Gasteiger partial charge in [0, 0.05) is 12.0 Å². The Labute approximate surface area is 181 Å². The van der Waals surface area contributed by atoms with Gasteiger partial charge in [-0.1, -0.05) is 12.1 Å². The highest BCUT2D eigenvalue weighted by Gasteiger charge is 2.54. The van der Waals surface area contributed by atoms with E-state index in [1.165, 1.54) is 19.3 Å². The number of amides is 1. The van der Waals surface area contributed by atoms with Gasteiger partial charge in [0.25, 0.3) is 5.56 Å². The summed E-state index contributed by atoms with van der Waals surface area (Å²) in [5.74, 6) is 2.15. The van der Waals surface area contributed by atoms with Crippen molar-refractivity contribution in [2.45, 2.75) is 58.5 Å². The van der Waals surface area contributed by atoms with Gasteiger partial charge in [0.2, 0.25) is 5.91 Å². The third kappa shape index (κ3) is 3.86. The highest BCUT2D eigenvalue weighted by Crippen LogP contribution is 2.60. The zero-order valence-electron chi connectivity index (χ0n) is 17.9. The van der Waals surface area contributed by atoms with E-state index in [0.29, 0.717) is 34.5 Å². The lowest BCUT2D eigenvalue weighted by Gasteiger charge is -2.55. The molecular formula is C24H29N3O4. The smallest absolute Gasteiger partial charge is 0.308 e. The first kappa shape index (κ1) is 20.2. The number of hydrogen-bond acceptors (Lipinski definition) is 5. The third-order valence-corrected chi connectivity index (χ3v) is 7.49. The van der Waals surface area contributed by atoms with E-state index in [0.717, 1.165) is 24.8 Å². The summed E-state index contributed by atoms with van der Waals surface area (Å²) in [4.78, 5) is 44.4. The summed E-state index contributed by atoms with van der Waals surface area (Å²) in [7, 11) is 0. The summed E-state index contributed by atoms with van der Waals surface area (Å²) in [5.41, 5.74) is 1.05. The van der Waals surface area contributed by atoms with E-state index < -0.39 is 5.97 Å². The molecule has 0 atom stereocenters. The predicted octanol–water partition coefficient (Wildman–Crippen LogP) is 3.00. The Morgan fingerprint density at radius 2 is 1.84 bits per heavy atom.